The van der Waals surface area contributed by atoms with Gasteiger partial charge in [0.2, 0.25) is 0 Å². The van der Waals surface area contributed by atoms with Crippen LogP contribution in [-0.4, -0.2) is 32.3 Å². The summed E-state index contributed by atoms with van der Waals surface area (Å²) in [4.78, 5) is 13.0. The molecule has 0 aliphatic rings. The number of esters is 1. The van der Waals surface area contributed by atoms with Gasteiger partial charge in [-0.2, -0.15) is 0 Å². The highest BCUT2D eigenvalue weighted by Gasteiger charge is 2.15. The molecule has 0 amide bonds. The lowest BCUT2D eigenvalue weighted by molar-refractivity contribution is 0.0597. The molecule has 0 fully saturated rings. The number of phenols is 1. The van der Waals surface area contributed by atoms with E-state index in [1.54, 1.807) is 19.0 Å². The molecule has 1 rings (SSSR count). The van der Waals surface area contributed by atoms with E-state index in [1.165, 1.54) is 19.2 Å². The number of carbonyl (C=O) groups is 1. The summed E-state index contributed by atoms with van der Waals surface area (Å²) >= 11 is 5.94. The molecule has 0 atom stereocenters. The van der Waals surface area contributed by atoms with Crippen molar-refractivity contribution in [3.8, 4) is 5.75 Å². The number of aromatic hydroxyl groups is 1. The van der Waals surface area contributed by atoms with Crippen LogP contribution in [0.3, 0.4) is 0 Å². The highest BCUT2D eigenvalue weighted by Crippen LogP contribution is 2.32. The predicted molar refractivity (Wildman–Crippen MR) is 66.0 cm³/mol. The van der Waals surface area contributed by atoms with E-state index in [4.69, 9.17) is 11.6 Å². The first-order valence-corrected chi connectivity index (χ1v) is 4.63. The van der Waals surface area contributed by atoms with Crippen molar-refractivity contribution < 1.29 is 14.6 Å². The Morgan fingerprint density at radius 3 is 2.44 bits per heavy atom. The lowest BCUT2D eigenvalue weighted by Gasteiger charge is -2.15. The molecule has 1 aromatic rings. The summed E-state index contributed by atoms with van der Waals surface area (Å²) in [6.45, 7) is 0. The van der Waals surface area contributed by atoms with E-state index in [0.29, 0.717) is 10.7 Å². The SMILES string of the molecule is COC(=O)c1cc(Cl)c(N(C)C)cc1O.Cl. The number of halogens is 2. The highest BCUT2D eigenvalue weighted by atomic mass is 35.5. The third-order valence-electron chi connectivity index (χ3n) is 1.95. The van der Waals surface area contributed by atoms with Crippen molar-refractivity contribution in [2.24, 2.45) is 0 Å². The molecule has 0 bridgehead atoms. The maximum Gasteiger partial charge on any atom is 0.341 e. The number of rotatable bonds is 2. The first-order valence-electron chi connectivity index (χ1n) is 4.25. The van der Waals surface area contributed by atoms with E-state index in [-0.39, 0.29) is 23.7 Å². The lowest BCUT2D eigenvalue weighted by atomic mass is 10.1. The van der Waals surface area contributed by atoms with Gasteiger partial charge in [-0.15, -0.1) is 12.4 Å². The fraction of sp³-hybridized carbons (Fsp3) is 0.300. The Balaban J connectivity index is 0.00000225. The minimum atomic E-state index is -0.611. The number of methoxy groups -OCH3 is 1. The third kappa shape index (κ3) is 2.93. The largest absolute Gasteiger partial charge is 0.507 e. The fourth-order valence-electron chi connectivity index (χ4n) is 1.17. The van der Waals surface area contributed by atoms with E-state index >= 15 is 0 Å². The quantitative estimate of drug-likeness (QED) is 0.834. The molecule has 1 N–H and O–H groups in total. The molecule has 0 unspecified atom stereocenters. The van der Waals surface area contributed by atoms with Crippen molar-refractivity contribution in [1.29, 1.82) is 0 Å². The maximum atomic E-state index is 11.2. The zero-order valence-electron chi connectivity index (χ0n) is 9.15. The molecule has 0 spiro atoms. The van der Waals surface area contributed by atoms with Crippen LogP contribution in [0.1, 0.15) is 10.4 Å². The van der Waals surface area contributed by atoms with Gasteiger partial charge in [0.25, 0.3) is 0 Å². The molecular formula is C10H13Cl2NO3. The van der Waals surface area contributed by atoms with Crippen LogP contribution < -0.4 is 4.90 Å². The number of nitrogens with zero attached hydrogens (tertiary/aromatic N) is 1. The maximum absolute atomic E-state index is 11.2. The monoisotopic (exact) mass is 265 g/mol. The second-order valence-corrected chi connectivity index (χ2v) is 3.61. The van der Waals surface area contributed by atoms with Gasteiger partial charge in [-0.25, -0.2) is 4.79 Å². The smallest absolute Gasteiger partial charge is 0.341 e. The van der Waals surface area contributed by atoms with E-state index in [0.717, 1.165) is 0 Å². The summed E-state index contributed by atoms with van der Waals surface area (Å²) in [6.07, 6.45) is 0. The Morgan fingerprint density at radius 2 is 2.00 bits per heavy atom. The number of carbonyl (C=O) groups excluding carboxylic acids is 1. The minimum absolute atomic E-state index is 0. The Hall–Kier alpha value is -1.13. The van der Waals surface area contributed by atoms with Gasteiger partial charge in [0, 0.05) is 20.2 Å². The second kappa shape index (κ2) is 5.82. The van der Waals surface area contributed by atoms with Crippen LogP contribution >= 0.6 is 24.0 Å². The Labute approximate surface area is 105 Å². The first kappa shape index (κ1) is 14.9. The van der Waals surface area contributed by atoms with E-state index in [1.807, 2.05) is 0 Å². The molecule has 0 saturated heterocycles. The molecule has 0 heterocycles. The molecule has 16 heavy (non-hydrogen) atoms. The van der Waals surface area contributed by atoms with Crippen LogP contribution in [0.15, 0.2) is 12.1 Å². The number of ether oxygens (including phenoxy) is 1. The molecule has 0 saturated carbocycles. The first-order chi connectivity index (χ1) is 6.97. The number of hydrogen-bond donors (Lipinski definition) is 1. The van der Waals surface area contributed by atoms with Gasteiger partial charge in [-0.1, -0.05) is 11.6 Å². The Bertz CT molecular complexity index is 394. The lowest BCUT2D eigenvalue weighted by Crippen LogP contribution is -2.10. The molecule has 0 aliphatic heterocycles. The molecule has 0 aliphatic carbocycles. The molecule has 6 heteroatoms. The number of hydrogen-bond acceptors (Lipinski definition) is 4. The highest BCUT2D eigenvalue weighted by molar-refractivity contribution is 6.33. The standard InChI is InChI=1S/C10H12ClNO3.ClH/c1-12(2)8-5-9(13)6(4-7(8)11)10(14)15-3;/h4-5,13H,1-3H3;1H. The normalized spacial score (nSPS) is 9.25. The van der Waals surface area contributed by atoms with Crippen LogP contribution in [-0.2, 0) is 4.74 Å². The second-order valence-electron chi connectivity index (χ2n) is 3.21. The predicted octanol–water partition coefficient (Wildman–Crippen LogP) is 2.32. The molecular weight excluding hydrogens is 253 g/mol. The van der Waals surface area contributed by atoms with Crippen LogP contribution in [0.5, 0.6) is 5.75 Å². The Morgan fingerprint density at radius 1 is 1.44 bits per heavy atom. The van der Waals surface area contributed by atoms with E-state index < -0.39 is 5.97 Å². The van der Waals surface area contributed by atoms with Gasteiger partial charge in [-0.3, -0.25) is 0 Å². The van der Waals surface area contributed by atoms with E-state index in [2.05, 4.69) is 4.74 Å². The number of phenolic OH excluding ortho intramolecular Hbond substituents is 1. The van der Waals surface area contributed by atoms with Gasteiger partial charge in [-0.05, 0) is 6.07 Å². The summed E-state index contributed by atoms with van der Waals surface area (Å²) in [5, 5.41) is 9.97. The zero-order valence-corrected chi connectivity index (χ0v) is 10.7. The third-order valence-corrected chi connectivity index (χ3v) is 2.25. The van der Waals surface area contributed by atoms with Gasteiger partial charge in [0.15, 0.2) is 0 Å². The average molecular weight is 266 g/mol. The summed E-state index contributed by atoms with van der Waals surface area (Å²) in [6, 6.07) is 2.81. The van der Waals surface area contributed by atoms with Crippen LogP contribution in [0, 0.1) is 0 Å². The van der Waals surface area contributed by atoms with Gasteiger partial charge < -0.3 is 14.7 Å². The molecule has 90 valence electrons. The van der Waals surface area contributed by atoms with Crippen LogP contribution in [0.2, 0.25) is 5.02 Å². The number of benzene rings is 1. The average Bonchev–Trinajstić information content (AvgIpc) is 2.19. The van der Waals surface area contributed by atoms with Gasteiger partial charge >= 0.3 is 5.97 Å². The van der Waals surface area contributed by atoms with Crippen LogP contribution in [0.25, 0.3) is 0 Å². The van der Waals surface area contributed by atoms with Crippen molar-refractivity contribution in [1.82, 2.24) is 0 Å². The van der Waals surface area contributed by atoms with Gasteiger partial charge in [0.05, 0.1) is 17.8 Å². The summed E-state index contributed by atoms with van der Waals surface area (Å²) in [5.74, 6) is -0.755. The summed E-state index contributed by atoms with van der Waals surface area (Å²) < 4.78 is 4.50. The van der Waals surface area contributed by atoms with Crippen LogP contribution in [0.4, 0.5) is 5.69 Å². The zero-order chi connectivity index (χ0) is 11.6. The van der Waals surface area contributed by atoms with Crippen molar-refractivity contribution in [3.05, 3.63) is 22.7 Å². The number of anilines is 1. The van der Waals surface area contributed by atoms with Crippen molar-refractivity contribution in [2.75, 3.05) is 26.1 Å². The molecule has 0 radical (unpaired) electrons. The van der Waals surface area contributed by atoms with Crippen molar-refractivity contribution >= 4 is 35.7 Å². The molecule has 1 aromatic carbocycles. The van der Waals surface area contributed by atoms with Gasteiger partial charge in [0.1, 0.15) is 11.3 Å². The summed E-state index contributed by atoms with van der Waals surface area (Å²) in [7, 11) is 4.83. The molecule has 4 nitrogen and oxygen atoms in total. The Kier molecular flexibility index (Phi) is 5.41. The molecule has 0 aromatic heterocycles. The minimum Gasteiger partial charge on any atom is -0.507 e. The fourth-order valence-corrected chi connectivity index (χ4v) is 1.50. The van der Waals surface area contributed by atoms with E-state index in [9.17, 15) is 9.90 Å². The van der Waals surface area contributed by atoms with Crippen molar-refractivity contribution in [2.45, 2.75) is 0 Å². The van der Waals surface area contributed by atoms with Crippen molar-refractivity contribution in [3.63, 3.8) is 0 Å². The topological polar surface area (TPSA) is 49.8 Å². The summed E-state index contributed by atoms with van der Waals surface area (Å²) in [5.41, 5.74) is 0.704.